The number of nitrogens with zero attached hydrogens (tertiary/aromatic N) is 1. The van der Waals surface area contributed by atoms with Crippen LogP contribution >= 0.6 is 0 Å². The average molecular weight is 236 g/mol. The van der Waals surface area contributed by atoms with Crippen LogP contribution in [0.5, 0.6) is 5.75 Å². The van der Waals surface area contributed by atoms with Gasteiger partial charge in [0.15, 0.2) is 0 Å². The summed E-state index contributed by atoms with van der Waals surface area (Å²) >= 11 is 0. The molecule has 0 aromatic heterocycles. The first-order valence-corrected chi connectivity index (χ1v) is 6.33. The highest BCUT2D eigenvalue weighted by Gasteiger charge is 2.05. The third-order valence-corrected chi connectivity index (χ3v) is 2.65. The summed E-state index contributed by atoms with van der Waals surface area (Å²) in [6.07, 6.45) is 0. The molecule has 0 saturated heterocycles. The summed E-state index contributed by atoms with van der Waals surface area (Å²) in [4.78, 5) is 2.39. The first-order chi connectivity index (χ1) is 8.13. The molecular formula is C14H24N2O. The van der Waals surface area contributed by atoms with E-state index < -0.39 is 0 Å². The van der Waals surface area contributed by atoms with Gasteiger partial charge in [-0.3, -0.25) is 4.90 Å². The van der Waals surface area contributed by atoms with Gasteiger partial charge >= 0.3 is 0 Å². The molecule has 0 bridgehead atoms. The van der Waals surface area contributed by atoms with Gasteiger partial charge < -0.3 is 10.5 Å². The van der Waals surface area contributed by atoms with Crippen LogP contribution in [0.1, 0.15) is 20.8 Å². The second-order valence-corrected chi connectivity index (χ2v) is 4.67. The van der Waals surface area contributed by atoms with Crippen LogP contribution in [0.25, 0.3) is 0 Å². The first kappa shape index (κ1) is 13.8. The molecule has 1 aromatic rings. The number of rotatable bonds is 7. The molecule has 0 atom stereocenters. The normalized spacial score (nSPS) is 11.1. The number of nitrogen functional groups attached to an aromatic ring is 1. The van der Waals surface area contributed by atoms with E-state index in [1.165, 1.54) is 0 Å². The zero-order valence-corrected chi connectivity index (χ0v) is 11.1. The smallest absolute Gasteiger partial charge is 0.142 e. The van der Waals surface area contributed by atoms with Gasteiger partial charge in [-0.25, -0.2) is 0 Å². The Morgan fingerprint density at radius 2 is 2.00 bits per heavy atom. The molecule has 0 amide bonds. The number of likely N-dealkylation sites (N-methyl/N-ethyl adjacent to an activating group) is 1. The summed E-state index contributed by atoms with van der Waals surface area (Å²) in [6, 6.07) is 7.63. The van der Waals surface area contributed by atoms with Crippen LogP contribution in [-0.4, -0.2) is 31.1 Å². The summed E-state index contributed by atoms with van der Waals surface area (Å²) in [5.41, 5.74) is 6.52. The first-order valence-electron chi connectivity index (χ1n) is 6.33. The van der Waals surface area contributed by atoms with Crippen molar-refractivity contribution in [1.29, 1.82) is 0 Å². The number of hydrogen-bond acceptors (Lipinski definition) is 3. The fraction of sp³-hybridized carbons (Fsp3) is 0.571. The van der Waals surface area contributed by atoms with Crippen molar-refractivity contribution in [3.05, 3.63) is 24.3 Å². The lowest BCUT2D eigenvalue weighted by Gasteiger charge is -2.22. The Bertz CT molecular complexity index is 326. The molecule has 0 radical (unpaired) electrons. The highest BCUT2D eigenvalue weighted by atomic mass is 16.5. The van der Waals surface area contributed by atoms with Crippen molar-refractivity contribution in [3.8, 4) is 5.75 Å². The molecule has 0 fully saturated rings. The van der Waals surface area contributed by atoms with Gasteiger partial charge in [-0.15, -0.1) is 0 Å². The molecule has 17 heavy (non-hydrogen) atoms. The second kappa shape index (κ2) is 7.17. The van der Waals surface area contributed by atoms with Gasteiger partial charge in [0.25, 0.3) is 0 Å². The maximum absolute atomic E-state index is 5.81. The van der Waals surface area contributed by atoms with Crippen molar-refractivity contribution in [1.82, 2.24) is 4.90 Å². The number of hydrogen-bond donors (Lipinski definition) is 1. The van der Waals surface area contributed by atoms with Crippen molar-refractivity contribution in [2.75, 3.05) is 32.0 Å². The molecule has 0 unspecified atom stereocenters. The highest BCUT2D eigenvalue weighted by Crippen LogP contribution is 2.19. The molecule has 96 valence electrons. The van der Waals surface area contributed by atoms with Crippen LogP contribution in [0.3, 0.4) is 0 Å². The minimum Gasteiger partial charge on any atom is -0.490 e. The number of ether oxygens (including phenoxy) is 1. The second-order valence-electron chi connectivity index (χ2n) is 4.67. The molecular weight excluding hydrogens is 212 g/mol. The molecule has 0 heterocycles. The minimum absolute atomic E-state index is 0.689. The maximum Gasteiger partial charge on any atom is 0.142 e. The van der Waals surface area contributed by atoms with Gasteiger partial charge in [0.05, 0.1) is 5.69 Å². The minimum atomic E-state index is 0.689. The fourth-order valence-electron chi connectivity index (χ4n) is 1.79. The highest BCUT2D eigenvalue weighted by molar-refractivity contribution is 5.51. The number of anilines is 1. The molecule has 3 nitrogen and oxygen atoms in total. The van der Waals surface area contributed by atoms with Gasteiger partial charge in [-0.1, -0.05) is 32.9 Å². The Hall–Kier alpha value is -1.22. The quantitative estimate of drug-likeness (QED) is 0.740. The van der Waals surface area contributed by atoms with E-state index in [-0.39, 0.29) is 0 Å². The summed E-state index contributed by atoms with van der Waals surface area (Å²) < 4.78 is 5.68. The lowest BCUT2D eigenvalue weighted by atomic mass is 10.2. The van der Waals surface area contributed by atoms with E-state index in [0.29, 0.717) is 18.2 Å². The predicted molar refractivity (Wildman–Crippen MR) is 73.3 cm³/mol. The third-order valence-electron chi connectivity index (χ3n) is 2.65. The Labute approximate surface area is 105 Å². The fourth-order valence-corrected chi connectivity index (χ4v) is 1.79. The average Bonchev–Trinajstić information content (AvgIpc) is 2.29. The van der Waals surface area contributed by atoms with Crippen LogP contribution in [0.4, 0.5) is 5.69 Å². The molecule has 1 aromatic carbocycles. The van der Waals surface area contributed by atoms with E-state index in [4.69, 9.17) is 10.5 Å². The van der Waals surface area contributed by atoms with Gasteiger partial charge in [-0.2, -0.15) is 0 Å². The van der Waals surface area contributed by atoms with Gasteiger partial charge in [0.1, 0.15) is 12.4 Å². The van der Waals surface area contributed by atoms with Crippen molar-refractivity contribution in [3.63, 3.8) is 0 Å². The number of para-hydroxylation sites is 2. The largest absolute Gasteiger partial charge is 0.490 e. The van der Waals surface area contributed by atoms with Crippen molar-refractivity contribution in [2.45, 2.75) is 20.8 Å². The van der Waals surface area contributed by atoms with E-state index in [0.717, 1.165) is 25.4 Å². The summed E-state index contributed by atoms with van der Waals surface area (Å²) in [6.45, 7) is 10.5. The Morgan fingerprint density at radius 3 is 2.59 bits per heavy atom. The Kier molecular flexibility index (Phi) is 5.84. The van der Waals surface area contributed by atoms with Crippen LogP contribution in [0.2, 0.25) is 0 Å². The third kappa shape index (κ3) is 5.09. The Morgan fingerprint density at radius 1 is 1.29 bits per heavy atom. The van der Waals surface area contributed by atoms with Gasteiger partial charge in [0, 0.05) is 13.1 Å². The molecule has 3 heteroatoms. The SMILES string of the molecule is CCN(CCOc1ccccc1N)CC(C)C. The standard InChI is InChI=1S/C14H24N2O/c1-4-16(11-12(2)3)9-10-17-14-8-6-5-7-13(14)15/h5-8,12H,4,9-11,15H2,1-3H3. The van der Waals surface area contributed by atoms with Crippen molar-refractivity contribution in [2.24, 2.45) is 5.92 Å². The van der Waals surface area contributed by atoms with E-state index in [9.17, 15) is 0 Å². The van der Waals surface area contributed by atoms with E-state index in [2.05, 4.69) is 25.7 Å². The molecule has 0 aliphatic carbocycles. The predicted octanol–water partition coefficient (Wildman–Crippen LogP) is 2.63. The van der Waals surface area contributed by atoms with E-state index in [1.807, 2.05) is 24.3 Å². The lowest BCUT2D eigenvalue weighted by Crippen LogP contribution is -2.31. The van der Waals surface area contributed by atoms with E-state index >= 15 is 0 Å². The molecule has 1 rings (SSSR count). The number of benzene rings is 1. The monoisotopic (exact) mass is 236 g/mol. The lowest BCUT2D eigenvalue weighted by molar-refractivity contribution is 0.200. The summed E-state index contributed by atoms with van der Waals surface area (Å²) in [7, 11) is 0. The number of nitrogens with two attached hydrogens (primary N) is 1. The van der Waals surface area contributed by atoms with Crippen LogP contribution in [-0.2, 0) is 0 Å². The molecule has 0 aliphatic heterocycles. The van der Waals surface area contributed by atoms with Crippen molar-refractivity contribution >= 4 is 5.69 Å². The van der Waals surface area contributed by atoms with Crippen LogP contribution < -0.4 is 10.5 Å². The van der Waals surface area contributed by atoms with Crippen LogP contribution in [0.15, 0.2) is 24.3 Å². The zero-order chi connectivity index (χ0) is 12.7. The summed E-state index contributed by atoms with van der Waals surface area (Å²) in [5.74, 6) is 1.48. The van der Waals surface area contributed by atoms with E-state index in [1.54, 1.807) is 0 Å². The van der Waals surface area contributed by atoms with Gasteiger partial charge in [0.2, 0.25) is 0 Å². The molecule has 2 N–H and O–H groups in total. The van der Waals surface area contributed by atoms with Gasteiger partial charge in [-0.05, 0) is 24.6 Å². The molecule has 0 saturated carbocycles. The topological polar surface area (TPSA) is 38.5 Å². The zero-order valence-electron chi connectivity index (χ0n) is 11.1. The summed E-state index contributed by atoms with van der Waals surface area (Å²) in [5, 5.41) is 0. The van der Waals surface area contributed by atoms with Crippen LogP contribution in [0, 0.1) is 5.92 Å². The maximum atomic E-state index is 5.81. The molecule has 0 aliphatic rings. The Balaban J connectivity index is 2.34. The van der Waals surface area contributed by atoms with Crippen molar-refractivity contribution < 1.29 is 4.74 Å². The molecule has 0 spiro atoms.